The molecular weight excluding hydrogens is 302 g/mol. The molecule has 1 aliphatic rings. The molecular formula is C18H25N5O. The van der Waals surface area contributed by atoms with Crippen molar-refractivity contribution in [2.75, 3.05) is 19.6 Å². The summed E-state index contributed by atoms with van der Waals surface area (Å²) in [6.45, 7) is 6.84. The van der Waals surface area contributed by atoms with Crippen LogP contribution >= 0.6 is 0 Å². The van der Waals surface area contributed by atoms with Crippen LogP contribution in [0.15, 0.2) is 30.5 Å². The van der Waals surface area contributed by atoms with Crippen molar-refractivity contribution in [3.63, 3.8) is 0 Å². The molecule has 24 heavy (non-hydrogen) atoms. The molecule has 1 saturated heterocycles. The third-order valence-corrected chi connectivity index (χ3v) is 4.49. The fourth-order valence-corrected chi connectivity index (χ4v) is 3.14. The first-order valence-corrected chi connectivity index (χ1v) is 8.70. The molecule has 0 saturated carbocycles. The molecule has 128 valence electrons. The van der Waals surface area contributed by atoms with Crippen LogP contribution in [0.4, 0.5) is 0 Å². The van der Waals surface area contributed by atoms with Gasteiger partial charge in [-0.1, -0.05) is 29.8 Å². The third kappa shape index (κ3) is 3.64. The summed E-state index contributed by atoms with van der Waals surface area (Å²) in [5, 5.41) is 11.6. The van der Waals surface area contributed by atoms with Gasteiger partial charge < -0.3 is 10.2 Å². The molecule has 1 aromatic carbocycles. The predicted octanol–water partition coefficient (Wildman–Crippen LogP) is 2.18. The van der Waals surface area contributed by atoms with Gasteiger partial charge in [0, 0.05) is 12.6 Å². The van der Waals surface area contributed by atoms with E-state index in [1.54, 1.807) is 10.9 Å². The number of piperidine rings is 1. The fraction of sp³-hybridized carbons (Fsp3) is 0.500. The van der Waals surface area contributed by atoms with Gasteiger partial charge in [-0.15, -0.1) is 5.10 Å². The minimum Gasteiger partial charge on any atom is -0.334 e. The minimum atomic E-state index is -0.0119. The van der Waals surface area contributed by atoms with Crippen LogP contribution in [0.2, 0.25) is 0 Å². The molecule has 2 heterocycles. The maximum absolute atomic E-state index is 12.9. The fourth-order valence-electron chi connectivity index (χ4n) is 3.14. The van der Waals surface area contributed by atoms with Crippen LogP contribution in [0.1, 0.15) is 42.2 Å². The Morgan fingerprint density at radius 2 is 2.00 bits per heavy atom. The summed E-state index contributed by atoms with van der Waals surface area (Å²) in [6.07, 6.45) is 4.67. The second-order valence-corrected chi connectivity index (χ2v) is 6.36. The maximum atomic E-state index is 12.9. The molecule has 0 unspecified atom stereocenters. The number of carbonyl (C=O) groups excluding carboxylic acids is 1. The first-order chi connectivity index (χ1) is 11.7. The molecule has 6 nitrogen and oxygen atoms in total. The van der Waals surface area contributed by atoms with E-state index in [2.05, 4.69) is 22.6 Å². The standard InChI is InChI=1S/C18H25N5O/c1-3-12-22(15-8-10-19-11-9-15)18(24)17-13-23(21-20-17)16-6-4-14(2)5-7-16/h4-7,13,15,19H,3,8-12H2,1-2H3. The lowest BCUT2D eigenvalue weighted by Gasteiger charge is -2.34. The minimum absolute atomic E-state index is 0.0119. The topological polar surface area (TPSA) is 63.1 Å². The molecule has 1 amide bonds. The lowest BCUT2D eigenvalue weighted by Crippen LogP contribution is -2.46. The second-order valence-electron chi connectivity index (χ2n) is 6.36. The monoisotopic (exact) mass is 327 g/mol. The Hall–Kier alpha value is -2.21. The van der Waals surface area contributed by atoms with Gasteiger partial charge in [0.15, 0.2) is 5.69 Å². The average Bonchev–Trinajstić information content (AvgIpc) is 3.10. The van der Waals surface area contributed by atoms with Gasteiger partial charge in [-0.3, -0.25) is 4.79 Å². The quantitative estimate of drug-likeness (QED) is 0.914. The van der Waals surface area contributed by atoms with Gasteiger partial charge in [-0.05, 0) is 51.4 Å². The van der Waals surface area contributed by atoms with Crippen LogP contribution in [0.25, 0.3) is 5.69 Å². The molecule has 0 bridgehead atoms. The van der Waals surface area contributed by atoms with Crippen LogP contribution in [0, 0.1) is 6.92 Å². The summed E-state index contributed by atoms with van der Waals surface area (Å²) in [5.74, 6) is -0.0119. The zero-order valence-electron chi connectivity index (χ0n) is 14.4. The van der Waals surface area contributed by atoms with Crippen LogP contribution in [0.5, 0.6) is 0 Å². The average molecular weight is 327 g/mol. The molecule has 0 spiro atoms. The Balaban J connectivity index is 1.78. The Labute approximate surface area is 142 Å². The molecule has 1 aromatic heterocycles. The van der Waals surface area contributed by atoms with Gasteiger partial charge in [0.05, 0.1) is 11.9 Å². The van der Waals surface area contributed by atoms with Crippen molar-refractivity contribution >= 4 is 5.91 Å². The van der Waals surface area contributed by atoms with Crippen molar-refractivity contribution in [1.82, 2.24) is 25.2 Å². The van der Waals surface area contributed by atoms with E-state index in [0.29, 0.717) is 11.7 Å². The van der Waals surface area contributed by atoms with Crippen LogP contribution in [-0.2, 0) is 0 Å². The highest BCUT2D eigenvalue weighted by atomic mass is 16.2. The lowest BCUT2D eigenvalue weighted by atomic mass is 10.0. The second kappa shape index (κ2) is 7.57. The smallest absolute Gasteiger partial charge is 0.276 e. The molecule has 0 radical (unpaired) electrons. The van der Waals surface area contributed by atoms with E-state index in [1.807, 2.05) is 36.1 Å². The molecule has 0 atom stereocenters. The highest BCUT2D eigenvalue weighted by molar-refractivity contribution is 5.92. The van der Waals surface area contributed by atoms with Gasteiger partial charge in [-0.25, -0.2) is 4.68 Å². The molecule has 3 rings (SSSR count). The van der Waals surface area contributed by atoms with Gasteiger partial charge in [-0.2, -0.15) is 0 Å². The summed E-state index contributed by atoms with van der Waals surface area (Å²) in [7, 11) is 0. The van der Waals surface area contributed by atoms with Crippen molar-refractivity contribution < 1.29 is 4.79 Å². The number of carbonyl (C=O) groups is 1. The Morgan fingerprint density at radius 1 is 1.29 bits per heavy atom. The number of hydrogen-bond acceptors (Lipinski definition) is 4. The number of nitrogens with zero attached hydrogens (tertiary/aromatic N) is 4. The van der Waals surface area contributed by atoms with Gasteiger partial charge >= 0.3 is 0 Å². The van der Waals surface area contributed by atoms with Crippen molar-refractivity contribution in [1.29, 1.82) is 0 Å². The zero-order valence-corrected chi connectivity index (χ0v) is 14.4. The van der Waals surface area contributed by atoms with Gasteiger partial charge in [0.1, 0.15) is 0 Å². The van der Waals surface area contributed by atoms with Crippen LogP contribution in [-0.4, -0.2) is 51.5 Å². The van der Waals surface area contributed by atoms with Crippen molar-refractivity contribution in [2.45, 2.75) is 39.2 Å². The van der Waals surface area contributed by atoms with Crippen molar-refractivity contribution in [3.05, 3.63) is 41.7 Å². The van der Waals surface area contributed by atoms with Crippen molar-refractivity contribution in [2.24, 2.45) is 0 Å². The summed E-state index contributed by atoms with van der Waals surface area (Å²) in [4.78, 5) is 14.9. The Kier molecular flexibility index (Phi) is 5.25. The third-order valence-electron chi connectivity index (χ3n) is 4.49. The molecule has 2 aromatic rings. The van der Waals surface area contributed by atoms with E-state index in [4.69, 9.17) is 0 Å². The number of benzene rings is 1. The Bertz CT molecular complexity index is 673. The molecule has 6 heteroatoms. The highest BCUT2D eigenvalue weighted by Gasteiger charge is 2.27. The van der Waals surface area contributed by atoms with E-state index in [9.17, 15) is 4.79 Å². The molecule has 1 aliphatic heterocycles. The summed E-state index contributed by atoms with van der Waals surface area (Å²) in [5.41, 5.74) is 2.52. The summed E-state index contributed by atoms with van der Waals surface area (Å²) in [6, 6.07) is 8.31. The first kappa shape index (κ1) is 16.6. The van der Waals surface area contributed by atoms with Crippen LogP contribution < -0.4 is 5.32 Å². The summed E-state index contributed by atoms with van der Waals surface area (Å²) >= 11 is 0. The van der Waals surface area contributed by atoms with E-state index >= 15 is 0 Å². The van der Waals surface area contributed by atoms with Gasteiger partial charge in [0.25, 0.3) is 5.91 Å². The van der Waals surface area contributed by atoms with E-state index in [1.165, 1.54) is 5.56 Å². The molecule has 1 N–H and O–H groups in total. The highest BCUT2D eigenvalue weighted by Crippen LogP contribution is 2.16. The normalized spacial score (nSPS) is 15.4. The largest absolute Gasteiger partial charge is 0.334 e. The Morgan fingerprint density at radius 3 is 2.67 bits per heavy atom. The maximum Gasteiger partial charge on any atom is 0.276 e. The van der Waals surface area contributed by atoms with E-state index in [-0.39, 0.29) is 5.91 Å². The van der Waals surface area contributed by atoms with E-state index < -0.39 is 0 Å². The number of aryl methyl sites for hydroxylation is 1. The zero-order chi connectivity index (χ0) is 16.9. The predicted molar refractivity (Wildman–Crippen MR) is 93.3 cm³/mol. The number of rotatable bonds is 5. The van der Waals surface area contributed by atoms with Crippen LogP contribution in [0.3, 0.4) is 0 Å². The summed E-state index contributed by atoms with van der Waals surface area (Å²) < 4.78 is 1.67. The molecule has 1 fully saturated rings. The number of amides is 1. The van der Waals surface area contributed by atoms with Gasteiger partial charge in [0.2, 0.25) is 0 Å². The SMILES string of the molecule is CCCN(C(=O)c1cn(-c2ccc(C)cc2)nn1)C1CCNCC1. The number of hydrogen-bond donors (Lipinski definition) is 1. The van der Waals surface area contributed by atoms with E-state index in [0.717, 1.165) is 44.6 Å². The lowest BCUT2D eigenvalue weighted by molar-refractivity contribution is 0.0636. The number of nitrogens with one attached hydrogen (secondary N) is 1. The number of aromatic nitrogens is 3. The molecule has 0 aliphatic carbocycles. The first-order valence-electron chi connectivity index (χ1n) is 8.70. The van der Waals surface area contributed by atoms with Crippen molar-refractivity contribution in [3.8, 4) is 5.69 Å².